The summed E-state index contributed by atoms with van der Waals surface area (Å²) < 4.78 is 0. The van der Waals surface area contributed by atoms with Gasteiger partial charge in [0.15, 0.2) is 0 Å². The average molecular weight is 257 g/mol. The molecule has 3 rings (SSSR count). The van der Waals surface area contributed by atoms with Gasteiger partial charge in [0, 0.05) is 10.6 Å². The first-order chi connectivity index (χ1) is 8.92. The van der Waals surface area contributed by atoms with Gasteiger partial charge in [0.1, 0.15) is 0 Å². The number of rotatable bonds is 3. The van der Waals surface area contributed by atoms with Crippen LogP contribution in [0.5, 0.6) is 0 Å². The van der Waals surface area contributed by atoms with Crippen LogP contribution in [0.3, 0.4) is 0 Å². The van der Waals surface area contributed by atoms with Crippen molar-refractivity contribution in [3.63, 3.8) is 0 Å². The smallest absolute Gasteiger partial charge is 0.00784 e. The minimum absolute atomic E-state index is 0.891. The minimum Gasteiger partial charge on any atom is -0.317 e. The van der Waals surface area contributed by atoms with E-state index in [4.69, 9.17) is 0 Å². The van der Waals surface area contributed by atoms with Crippen LogP contribution in [0.25, 0.3) is 10.8 Å². The Morgan fingerprint density at radius 1 is 1.00 bits per heavy atom. The number of fused-ring (bicyclic) bond motifs is 1. The molecule has 1 fully saturated rings. The van der Waals surface area contributed by atoms with Crippen molar-refractivity contribution >= 4 is 22.5 Å². The molecule has 2 aromatic rings. The molecule has 0 radical (unpaired) electrons. The molecule has 1 aliphatic heterocycles. The fourth-order valence-corrected chi connectivity index (χ4v) is 3.66. The van der Waals surface area contributed by atoms with E-state index in [9.17, 15) is 0 Å². The van der Waals surface area contributed by atoms with Crippen molar-refractivity contribution in [2.45, 2.75) is 17.7 Å². The van der Waals surface area contributed by atoms with Crippen molar-refractivity contribution in [2.24, 2.45) is 5.92 Å². The lowest BCUT2D eigenvalue weighted by atomic mass is 10.0. The summed E-state index contributed by atoms with van der Waals surface area (Å²) in [5.41, 5.74) is 0. The largest absolute Gasteiger partial charge is 0.317 e. The molecule has 0 amide bonds. The van der Waals surface area contributed by atoms with Crippen molar-refractivity contribution in [2.75, 3.05) is 18.8 Å². The number of hydrogen-bond acceptors (Lipinski definition) is 2. The predicted molar refractivity (Wildman–Crippen MR) is 80.3 cm³/mol. The number of piperidine rings is 1. The molecule has 0 saturated carbocycles. The Labute approximate surface area is 113 Å². The Balaban J connectivity index is 1.66. The normalized spacial score (nSPS) is 17.1. The molecule has 0 atom stereocenters. The average Bonchev–Trinajstić information content (AvgIpc) is 2.46. The van der Waals surface area contributed by atoms with Gasteiger partial charge in [-0.3, -0.25) is 0 Å². The van der Waals surface area contributed by atoms with Crippen molar-refractivity contribution < 1.29 is 0 Å². The Kier molecular flexibility index (Phi) is 3.87. The third-order valence-electron chi connectivity index (χ3n) is 3.67. The van der Waals surface area contributed by atoms with E-state index in [2.05, 4.69) is 47.8 Å². The van der Waals surface area contributed by atoms with Gasteiger partial charge < -0.3 is 5.32 Å². The maximum atomic E-state index is 3.43. The zero-order valence-electron chi connectivity index (χ0n) is 10.6. The summed E-state index contributed by atoms with van der Waals surface area (Å²) in [6, 6.07) is 15.4. The summed E-state index contributed by atoms with van der Waals surface area (Å²) in [6.45, 7) is 2.39. The highest BCUT2D eigenvalue weighted by Crippen LogP contribution is 2.27. The van der Waals surface area contributed by atoms with Gasteiger partial charge in [-0.15, -0.1) is 11.8 Å². The van der Waals surface area contributed by atoms with Crippen LogP contribution < -0.4 is 5.32 Å². The molecule has 0 bridgehead atoms. The van der Waals surface area contributed by atoms with E-state index in [1.54, 1.807) is 0 Å². The van der Waals surface area contributed by atoms with E-state index in [1.807, 2.05) is 11.8 Å². The van der Waals surface area contributed by atoms with E-state index in [1.165, 1.54) is 47.4 Å². The number of thioether (sulfide) groups is 1. The van der Waals surface area contributed by atoms with Crippen molar-refractivity contribution in [3.8, 4) is 0 Å². The molecule has 1 saturated heterocycles. The Hall–Kier alpha value is -0.990. The second kappa shape index (κ2) is 5.77. The Morgan fingerprint density at radius 3 is 2.61 bits per heavy atom. The van der Waals surface area contributed by atoms with Gasteiger partial charge in [0.25, 0.3) is 0 Å². The molecule has 0 unspecified atom stereocenters. The first-order valence-corrected chi connectivity index (χ1v) is 7.73. The lowest BCUT2D eigenvalue weighted by molar-refractivity contribution is 0.408. The molecular formula is C16H19NS. The van der Waals surface area contributed by atoms with E-state index in [-0.39, 0.29) is 0 Å². The van der Waals surface area contributed by atoms with Crippen LogP contribution in [-0.2, 0) is 0 Å². The molecule has 0 aromatic heterocycles. The fraction of sp³-hybridized carbons (Fsp3) is 0.375. The van der Waals surface area contributed by atoms with Crippen LogP contribution in [-0.4, -0.2) is 18.8 Å². The van der Waals surface area contributed by atoms with Gasteiger partial charge in [-0.05, 0) is 54.8 Å². The highest BCUT2D eigenvalue weighted by molar-refractivity contribution is 7.99. The van der Waals surface area contributed by atoms with Crippen molar-refractivity contribution in [3.05, 3.63) is 42.5 Å². The number of benzene rings is 2. The first kappa shape index (κ1) is 12.1. The lowest BCUT2D eigenvalue weighted by Gasteiger charge is -2.22. The van der Waals surface area contributed by atoms with Gasteiger partial charge in [-0.25, -0.2) is 0 Å². The fourth-order valence-electron chi connectivity index (χ4n) is 2.52. The van der Waals surface area contributed by atoms with Crippen LogP contribution in [0.1, 0.15) is 12.8 Å². The Morgan fingerprint density at radius 2 is 1.78 bits per heavy atom. The molecule has 1 aliphatic rings. The molecule has 2 heteroatoms. The highest BCUT2D eigenvalue weighted by atomic mass is 32.2. The highest BCUT2D eigenvalue weighted by Gasteiger charge is 2.12. The summed E-state index contributed by atoms with van der Waals surface area (Å²) >= 11 is 2.01. The monoisotopic (exact) mass is 257 g/mol. The lowest BCUT2D eigenvalue weighted by Crippen LogP contribution is -2.28. The molecule has 1 heterocycles. The van der Waals surface area contributed by atoms with Gasteiger partial charge in [-0.2, -0.15) is 0 Å². The van der Waals surface area contributed by atoms with E-state index < -0.39 is 0 Å². The van der Waals surface area contributed by atoms with Crippen LogP contribution >= 0.6 is 11.8 Å². The Bertz CT molecular complexity index is 517. The van der Waals surface area contributed by atoms with Gasteiger partial charge in [0.05, 0.1) is 0 Å². The van der Waals surface area contributed by atoms with Crippen LogP contribution in [0.2, 0.25) is 0 Å². The topological polar surface area (TPSA) is 12.0 Å². The zero-order valence-corrected chi connectivity index (χ0v) is 11.4. The first-order valence-electron chi connectivity index (χ1n) is 6.74. The van der Waals surface area contributed by atoms with Crippen molar-refractivity contribution in [1.29, 1.82) is 0 Å². The maximum absolute atomic E-state index is 3.43. The summed E-state index contributed by atoms with van der Waals surface area (Å²) in [5.74, 6) is 2.16. The van der Waals surface area contributed by atoms with Crippen LogP contribution in [0, 0.1) is 5.92 Å². The van der Waals surface area contributed by atoms with E-state index >= 15 is 0 Å². The van der Waals surface area contributed by atoms with Crippen LogP contribution in [0.4, 0.5) is 0 Å². The quantitative estimate of drug-likeness (QED) is 0.836. The third-order valence-corrected chi connectivity index (χ3v) is 4.89. The minimum atomic E-state index is 0.891. The maximum Gasteiger partial charge on any atom is 0.00784 e. The summed E-state index contributed by atoms with van der Waals surface area (Å²) in [7, 11) is 0. The van der Waals surface area contributed by atoms with E-state index in [0.717, 1.165) is 5.92 Å². The number of hydrogen-bond donors (Lipinski definition) is 1. The second-order valence-electron chi connectivity index (χ2n) is 5.01. The molecular weight excluding hydrogens is 238 g/mol. The zero-order chi connectivity index (χ0) is 12.2. The van der Waals surface area contributed by atoms with Crippen LogP contribution in [0.15, 0.2) is 47.4 Å². The summed E-state index contributed by atoms with van der Waals surface area (Å²) in [5, 5.41) is 6.12. The molecule has 1 N–H and O–H groups in total. The second-order valence-corrected chi connectivity index (χ2v) is 6.11. The number of nitrogens with one attached hydrogen (secondary N) is 1. The summed E-state index contributed by atoms with van der Waals surface area (Å²) in [6.07, 6.45) is 2.67. The molecule has 1 nitrogen and oxygen atoms in total. The van der Waals surface area contributed by atoms with E-state index in [0.29, 0.717) is 0 Å². The van der Waals surface area contributed by atoms with Gasteiger partial charge in [-0.1, -0.05) is 30.3 Å². The van der Waals surface area contributed by atoms with Gasteiger partial charge >= 0.3 is 0 Å². The predicted octanol–water partition coefficient (Wildman–Crippen LogP) is 3.93. The molecule has 0 spiro atoms. The SMILES string of the molecule is c1ccc2cc(SCC3CCNCC3)ccc2c1. The molecule has 94 valence electrons. The summed E-state index contributed by atoms with van der Waals surface area (Å²) in [4.78, 5) is 1.41. The molecule has 0 aliphatic carbocycles. The third kappa shape index (κ3) is 2.88. The molecule has 18 heavy (non-hydrogen) atoms. The molecule has 2 aromatic carbocycles. The van der Waals surface area contributed by atoms with Crippen molar-refractivity contribution in [1.82, 2.24) is 5.32 Å². The standard InChI is InChI=1S/C16H19NS/c1-2-4-15-11-16(6-5-14(15)3-1)18-12-13-7-9-17-10-8-13/h1-6,11,13,17H,7-10,12H2. The van der Waals surface area contributed by atoms with Gasteiger partial charge in [0.2, 0.25) is 0 Å².